The van der Waals surface area contributed by atoms with E-state index < -0.39 is 35.7 Å². The summed E-state index contributed by atoms with van der Waals surface area (Å²) in [6.07, 6.45) is 6.73. The molecular weight excluding hydrogens is 288 g/mol. The maximum Gasteiger partial charge on any atom is 0.307 e. The van der Waals surface area contributed by atoms with E-state index in [0.29, 0.717) is 19.3 Å². The van der Waals surface area contributed by atoms with Crippen LogP contribution < -0.4 is 0 Å². The van der Waals surface area contributed by atoms with Crippen LogP contribution in [0.25, 0.3) is 0 Å². The molecule has 0 aliphatic heterocycles. The molecule has 1 aliphatic carbocycles. The summed E-state index contributed by atoms with van der Waals surface area (Å²) in [7, 11) is 0. The van der Waals surface area contributed by atoms with E-state index in [2.05, 4.69) is 0 Å². The average Bonchev–Trinajstić information content (AvgIpc) is 2.44. The van der Waals surface area contributed by atoms with Gasteiger partial charge in [0.05, 0.1) is 11.8 Å². The maximum absolute atomic E-state index is 11.6. The first-order chi connectivity index (χ1) is 10.4. The van der Waals surface area contributed by atoms with Gasteiger partial charge in [-0.05, 0) is 31.1 Å². The van der Waals surface area contributed by atoms with Gasteiger partial charge in [-0.2, -0.15) is 0 Å². The Morgan fingerprint density at radius 3 is 1.68 bits per heavy atom. The Kier molecular flexibility index (Phi) is 7.08. The number of carboxylic acids is 3. The zero-order chi connectivity index (χ0) is 16.7. The number of carbonyl (C=O) groups is 3. The Balaban J connectivity index is 2.90. The number of aliphatic carboxylic acids is 3. The van der Waals surface area contributed by atoms with E-state index in [-0.39, 0.29) is 12.3 Å². The molecule has 6 nitrogen and oxygen atoms in total. The predicted octanol–water partition coefficient (Wildman–Crippen LogP) is 2.64. The molecule has 1 aliphatic rings. The molecule has 0 radical (unpaired) electrons. The van der Waals surface area contributed by atoms with Crippen LogP contribution >= 0.6 is 0 Å². The molecule has 0 amide bonds. The normalized spacial score (nSPS) is 27.5. The van der Waals surface area contributed by atoms with Crippen molar-refractivity contribution in [1.82, 2.24) is 0 Å². The largest absolute Gasteiger partial charge is 0.481 e. The minimum absolute atomic E-state index is 0.0340. The summed E-state index contributed by atoms with van der Waals surface area (Å²) in [5, 5.41) is 27.6. The van der Waals surface area contributed by atoms with Gasteiger partial charge in [0.2, 0.25) is 0 Å². The van der Waals surface area contributed by atoms with E-state index in [1.165, 1.54) is 0 Å². The van der Waals surface area contributed by atoms with Crippen LogP contribution in [0.3, 0.4) is 0 Å². The van der Waals surface area contributed by atoms with Crippen molar-refractivity contribution in [2.75, 3.05) is 0 Å². The highest BCUT2D eigenvalue weighted by Gasteiger charge is 2.44. The van der Waals surface area contributed by atoms with Crippen molar-refractivity contribution in [3.05, 3.63) is 12.2 Å². The van der Waals surface area contributed by atoms with Gasteiger partial charge in [0.25, 0.3) is 0 Å². The van der Waals surface area contributed by atoms with Crippen molar-refractivity contribution in [3.63, 3.8) is 0 Å². The second kappa shape index (κ2) is 8.56. The number of unbranched alkanes of at least 4 members (excludes halogenated alkanes) is 1. The molecule has 124 valence electrons. The van der Waals surface area contributed by atoms with Gasteiger partial charge in [0.15, 0.2) is 0 Å². The lowest BCUT2D eigenvalue weighted by atomic mass is 9.68. The van der Waals surface area contributed by atoms with E-state index >= 15 is 0 Å². The Morgan fingerprint density at radius 2 is 1.32 bits per heavy atom. The summed E-state index contributed by atoms with van der Waals surface area (Å²) in [4.78, 5) is 33.7. The van der Waals surface area contributed by atoms with Gasteiger partial charge >= 0.3 is 17.9 Å². The van der Waals surface area contributed by atoms with Gasteiger partial charge in [0, 0.05) is 6.42 Å². The predicted molar refractivity (Wildman–Crippen MR) is 79.4 cm³/mol. The van der Waals surface area contributed by atoms with E-state index in [1.807, 2.05) is 13.0 Å². The van der Waals surface area contributed by atoms with Gasteiger partial charge in [0.1, 0.15) is 0 Å². The van der Waals surface area contributed by atoms with Gasteiger partial charge in [-0.15, -0.1) is 0 Å². The van der Waals surface area contributed by atoms with Gasteiger partial charge in [-0.25, -0.2) is 0 Å². The van der Waals surface area contributed by atoms with E-state index in [0.717, 1.165) is 12.8 Å². The quantitative estimate of drug-likeness (QED) is 0.564. The first kappa shape index (κ1) is 18.2. The third-order valence-corrected chi connectivity index (χ3v) is 4.30. The molecule has 22 heavy (non-hydrogen) atoms. The zero-order valence-electron chi connectivity index (χ0n) is 12.8. The van der Waals surface area contributed by atoms with E-state index in [9.17, 15) is 24.6 Å². The molecule has 0 aromatic rings. The van der Waals surface area contributed by atoms with Gasteiger partial charge in [-0.3, -0.25) is 14.4 Å². The summed E-state index contributed by atoms with van der Waals surface area (Å²) in [5.41, 5.74) is 0. The smallest absolute Gasteiger partial charge is 0.307 e. The highest BCUT2D eigenvalue weighted by Crippen LogP contribution is 2.39. The molecule has 0 aromatic heterocycles. The number of allylic oxidation sites excluding steroid dienone is 2. The number of hydrogen-bond donors (Lipinski definition) is 3. The lowest BCUT2D eigenvalue weighted by Crippen LogP contribution is -2.41. The minimum Gasteiger partial charge on any atom is -0.481 e. The average molecular weight is 312 g/mol. The Labute approximate surface area is 129 Å². The summed E-state index contributed by atoms with van der Waals surface area (Å²) >= 11 is 0. The van der Waals surface area contributed by atoms with Crippen LogP contribution in [0.4, 0.5) is 0 Å². The van der Waals surface area contributed by atoms with Crippen LogP contribution in [-0.2, 0) is 14.4 Å². The molecule has 0 saturated carbocycles. The Morgan fingerprint density at radius 1 is 0.864 bits per heavy atom. The lowest BCUT2D eigenvalue weighted by molar-refractivity contribution is -0.158. The van der Waals surface area contributed by atoms with Gasteiger partial charge < -0.3 is 15.3 Å². The first-order valence-electron chi connectivity index (χ1n) is 7.74. The zero-order valence-corrected chi connectivity index (χ0v) is 12.8. The molecule has 0 saturated heterocycles. The van der Waals surface area contributed by atoms with Crippen LogP contribution in [0.5, 0.6) is 0 Å². The monoisotopic (exact) mass is 312 g/mol. The minimum atomic E-state index is -1.11. The number of hydrogen-bond acceptors (Lipinski definition) is 3. The molecule has 0 spiro atoms. The molecule has 4 unspecified atom stereocenters. The number of rotatable bonds is 9. The standard InChI is InChI=1S/C16H24O6/c1-2-3-5-10-8-9-11(6-4-7-12(17)18)14(16(21)22)13(10)15(19)20/h8-11,13-14H,2-7H2,1H3,(H,17,18)(H,19,20)(H,21,22). The Hall–Kier alpha value is -1.85. The second-order valence-electron chi connectivity index (χ2n) is 5.87. The number of carboxylic acid groups (broad SMARTS) is 3. The molecule has 4 atom stereocenters. The van der Waals surface area contributed by atoms with Gasteiger partial charge in [-0.1, -0.05) is 31.9 Å². The summed E-state index contributed by atoms with van der Waals surface area (Å²) in [6.45, 7) is 2.01. The molecule has 1 rings (SSSR count). The molecular formula is C16H24O6. The third-order valence-electron chi connectivity index (χ3n) is 4.30. The van der Waals surface area contributed by atoms with Crippen molar-refractivity contribution < 1.29 is 29.7 Å². The summed E-state index contributed by atoms with van der Waals surface area (Å²) < 4.78 is 0. The Bertz CT molecular complexity index is 442. The summed E-state index contributed by atoms with van der Waals surface area (Å²) in [6, 6.07) is 0. The molecule has 0 bridgehead atoms. The van der Waals surface area contributed by atoms with Crippen LogP contribution in [0.1, 0.15) is 45.4 Å². The summed E-state index contributed by atoms with van der Waals surface area (Å²) in [5.74, 6) is -5.74. The molecule has 0 aromatic carbocycles. The lowest BCUT2D eigenvalue weighted by Gasteiger charge is -2.35. The third kappa shape index (κ3) is 4.86. The van der Waals surface area contributed by atoms with Crippen molar-refractivity contribution >= 4 is 17.9 Å². The van der Waals surface area contributed by atoms with Crippen molar-refractivity contribution in [2.45, 2.75) is 45.4 Å². The van der Waals surface area contributed by atoms with Crippen LogP contribution in [-0.4, -0.2) is 33.2 Å². The highest BCUT2D eigenvalue weighted by atomic mass is 16.4. The topological polar surface area (TPSA) is 112 Å². The molecule has 6 heteroatoms. The van der Waals surface area contributed by atoms with Crippen LogP contribution in [0.15, 0.2) is 12.2 Å². The molecule has 0 heterocycles. The highest BCUT2D eigenvalue weighted by molar-refractivity contribution is 5.81. The molecule has 3 N–H and O–H groups in total. The van der Waals surface area contributed by atoms with Crippen LogP contribution in [0.2, 0.25) is 0 Å². The fourth-order valence-electron chi connectivity index (χ4n) is 3.21. The SMILES string of the molecule is CCCCC1C=CC(CCCC(=O)O)C(C(=O)O)C1C(=O)O. The fourth-order valence-corrected chi connectivity index (χ4v) is 3.21. The second-order valence-corrected chi connectivity index (χ2v) is 5.87. The van der Waals surface area contributed by atoms with Crippen molar-refractivity contribution in [3.8, 4) is 0 Å². The molecule has 0 fully saturated rings. The maximum atomic E-state index is 11.6. The van der Waals surface area contributed by atoms with E-state index in [4.69, 9.17) is 5.11 Å². The van der Waals surface area contributed by atoms with Crippen molar-refractivity contribution in [1.29, 1.82) is 0 Å². The van der Waals surface area contributed by atoms with E-state index in [1.54, 1.807) is 6.08 Å². The van der Waals surface area contributed by atoms with Crippen LogP contribution in [0, 0.1) is 23.7 Å². The van der Waals surface area contributed by atoms with Crippen molar-refractivity contribution in [2.24, 2.45) is 23.7 Å². The first-order valence-corrected chi connectivity index (χ1v) is 7.74. The fraction of sp³-hybridized carbons (Fsp3) is 0.688.